The number of carbonyl (C=O) groups is 1. The Bertz CT molecular complexity index is 1700. The molecule has 4 aliphatic rings. The number of hydrogen-bond acceptors (Lipinski definition) is 2. The molecule has 0 radical (unpaired) electrons. The quantitative estimate of drug-likeness (QED) is 0.281. The van der Waals surface area contributed by atoms with E-state index in [0.29, 0.717) is 30.0 Å². The summed E-state index contributed by atoms with van der Waals surface area (Å²) in [5, 5.41) is 10.2. The summed E-state index contributed by atoms with van der Waals surface area (Å²) in [6, 6.07) is 18.3. The number of fused-ring (bicyclic) bond motifs is 2. The van der Waals surface area contributed by atoms with Crippen molar-refractivity contribution in [2.45, 2.75) is 85.0 Å². The zero-order chi connectivity index (χ0) is 30.7. The lowest BCUT2D eigenvalue weighted by molar-refractivity contribution is -0.125. The Hall–Kier alpha value is -3.65. The predicted octanol–water partition coefficient (Wildman–Crippen LogP) is 10.6. The standard InChI is InChI=1S/C42H46O2/c1-24-6-8-31(9-7-24)42-38(18-27(4)43)25(2)16-36-21-35(23-40(36)42)32-14-15-37-26(3)17-39(41(37)22-32)30-12-10-29(11-13-30)34-19-33(20-34)28(5)44/h6-9,14-17,21-22,26,29-30,33-34,43H,4,10-13,18-20,23H2,1-3,5H3. The van der Waals surface area contributed by atoms with Crippen LogP contribution in [0.15, 0.2) is 66.9 Å². The number of Topliss-reactive ketones (excluding diaryl/α,β-unsaturated/α-hetero) is 1. The average Bonchev–Trinajstić information content (AvgIpc) is 3.54. The molecule has 0 amide bonds. The fraction of sp³-hybridized carbons (Fsp3) is 0.405. The molecule has 0 aromatic heterocycles. The summed E-state index contributed by atoms with van der Waals surface area (Å²) in [6.07, 6.45) is 13.8. The van der Waals surface area contributed by atoms with Crippen LogP contribution >= 0.6 is 0 Å². The van der Waals surface area contributed by atoms with E-state index in [1.54, 1.807) is 12.5 Å². The highest BCUT2D eigenvalue weighted by Gasteiger charge is 2.39. The van der Waals surface area contributed by atoms with Crippen LogP contribution in [-0.2, 0) is 17.6 Å². The lowest BCUT2D eigenvalue weighted by Crippen LogP contribution is -2.35. The van der Waals surface area contributed by atoms with Gasteiger partial charge < -0.3 is 5.11 Å². The molecular weight excluding hydrogens is 536 g/mol. The highest BCUT2D eigenvalue weighted by Crippen LogP contribution is 2.51. The van der Waals surface area contributed by atoms with Gasteiger partial charge in [-0.05, 0) is 151 Å². The van der Waals surface area contributed by atoms with Crippen LogP contribution in [0, 0.1) is 37.5 Å². The normalized spacial score (nSPS) is 25.5. The van der Waals surface area contributed by atoms with Crippen LogP contribution in [0.2, 0.25) is 0 Å². The van der Waals surface area contributed by atoms with Crippen LogP contribution in [-0.4, -0.2) is 10.9 Å². The number of rotatable bonds is 7. The molecular formula is C42H46O2. The molecule has 0 heterocycles. The van der Waals surface area contributed by atoms with Gasteiger partial charge in [-0.3, -0.25) is 4.79 Å². The van der Waals surface area contributed by atoms with E-state index in [-0.39, 0.29) is 5.76 Å². The van der Waals surface area contributed by atoms with Gasteiger partial charge in [-0.2, -0.15) is 0 Å². The first-order chi connectivity index (χ1) is 21.2. The monoisotopic (exact) mass is 582 g/mol. The topological polar surface area (TPSA) is 37.3 Å². The summed E-state index contributed by atoms with van der Waals surface area (Å²) < 4.78 is 0. The molecule has 2 nitrogen and oxygen atoms in total. The Balaban J connectivity index is 1.15. The molecule has 226 valence electrons. The summed E-state index contributed by atoms with van der Waals surface area (Å²) in [7, 11) is 0. The van der Waals surface area contributed by atoms with Crippen molar-refractivity contribution in [1.29, 1.82) is 0 Å². The van der Waals surface area contributed by atoms with Crippen LogP contribution in [0.25, 0.3) is 28.3 Å². The fourth-order valence-electron chi connectivity index (χ4n) is 8.85. The van der Waals surface area contributed by atoms with E-state index in [0.717, 1.165) is 31.1 Å². The lowest BCUT2D eigenvalue weighted by Gasteiger charge is -2.42. The summed E-state index contributed by atoms with van der Waals surface area (Å²) >= 11 is 0. The number of aliphatic hydroxyl groups is 1. The Labute approximate surface area is 263 Å². The molecule has 0 spiro atoms. The molecule has 1 unspecified atom stereocenters. The van der Waals surface area contributed by atoms with E-state index >= 15 is 0 Å². The molecule has 0 aliphatic heterocycles. The maximum absolute atomic E-state index is 11.8. The van der Waals surface area contributed by atoms with E-state index in [1.165, 1.54) is 86.9 Å². The Kier molecular flexibility index (Phi) is 7.51. The third-order valence-corrected chi connectivity index (χ3v) is 11.5. The third kappa shape index (κ3) is 5.21. The summed E-state index contributed by atoms with van der Waals surface area (Å²) in [5.74, 6) is 3.65. The number of ketones is 1. The number of allylic oxidation sites excluding steroid dienone is 4. The second kappa shape index (κ2) is 11.4. The van der Waals surface area contributed by atoms with Gasteiger partial charge in [0.1, 0.15) is 5.78 Å². The first-order valence-electron chi connectivity index (χ1n) is 16.8. The summed E-state index contributed by atoms with van der Waals surface area (Å²) in [5.41, 5.74) is 16.0. The van der Waals surface area contributed by atoms with E-state index < -0.39 is 0 Å². The van der Waals surface area contributed by atoms with Crippen molar-refractivity contribution in [3.05, 3.63) is 111 Å². The Morgan fingerprint density at radius 3 is 2.32 bits per heavy atom. The second-order valence-electron chi connectivity index (χ2n) is 14.4. The van der Waals surface area contributed by atoms with Crippen LogP contribution in [0.4, 0.5) is 0 Å². The number of carbonyl (C=O) groups excluding carboxylic acids is 1. The zero-order valence-corrected chi connectivity index (χ0v) is 26.9. The lowest BCUT2D eigenvalue weighted by atomic mass is 9.62. The molecule has 3 aromatic rings. The first-order valence-corrected chi connectivity index (χ1v) is 16.8. The van der Waals surface area contributed by atoms with Gasteiger partial charge in [0.05, 0.1) is 5.76 Å². The molecule has 7 rings (SSSR count). The summed E-state index contributed by atoms with van der Waals surface area (Å²) in [4.78, 5) is 11.8. The molecule has 44 heavy (non-hydrogen) atoms. The van der Waals surface area contributed by atoms with E-state index in [2.05, 4.69) is 88.0 Å². The van der Waals surface area contributed by atoms with Crippen molar-refractivity contribution in [2.24, 2.45) is 23.7 Å². The minimum absolute atomic E-state index is 0.210. The second-order valence-corrected chi connectivity index (χ2v) is 14.4. The number of aryl methyl sites for hydroxylation is 2. The van der Waals surface area contributed by atoms with Crippen LogP contribution in [0.5, 0.6) is 0 Å². The van der Waals surface area contributed by atoms with Gasteiger partial charge in [-0.15, -0.1) is 0 Å². The summed E-state index contributed by atoms with van der Waals surface area (Å²) in [6.45, 7) is 12.3. The van der Waals surface area contributed by atoms with Gasteiger partial charge in [0, 0.05) is 18.3 Å². The minimum atomic E-state index is 0.210. The zero-order valence-electron chi connectivity index (χ0n) is 26.9. The first kappa shape index (κ1) is 29.1. The van der Waals surface area contributed by atoms with Crippen molar-refractivity contribution in [1.82, 2.24) is 0 Å². The van der Waals surface area contributed by atoms with Crippen LogP contribution < -0.4 is 0 Å². The predicted molar refractivity (Wildman–Crippen MR) is 184 cm³/mol. The molecule has 0 bridgehead atoms. The molecule has 2 saturated carbocycles. The SMILES string of the molecule is C=C(O)Cc1c(C)cc2c(c1-c1ccc(C)cc1)CC(c1ccc3c(c1)C(C1CCC(C4CC(C(C)=O)C4)CC1)=CC3C)=C2. The third-order valence-electron chi connectivity index (χ3n) is 11.5. The van der Waals surface area contributed by atoms with Crippen molar-refractivity contribution in [2.75, 3.05) is 0 Å². The van der Waals surface area contributed by atoms with Crippen molar-refractivity contribution < 1.29 is 9.90 Å². The highest BCUT2D eigenvalue weighted by atomic mass is 16.3. The van der Waals surface area contributed by atoms with Crippen LogP contribution in [0.1, 0.15) is 103 Å². The van der Waals surface area contributed by atoms with E-state index in [1.807, 2.05) is 0 Å². The fourth-order valence-corrected chi connectivity index (χ4v) is 8.85. The Morgan fingerprint density at radius 1 is 0.932 bits per heavy atom. The Morgan fingerprint density at radius 2 is 1.64 bits per heavy atom. The maximum Gasteiger partial charge on any atom is 0.132 e. The molecule has 2 heteroatoms. The van der Waals surface area contributed by atoms with E-state index in [9.17, 15) is 9.90 Å². The van der Waals surface area contributed by atoms with Crippen molar-refractivity contribution >= 4 is 23.0 Å². The van der Waals surface area contributed by atoms with Gasteiger partial charge >= 0.3 is 0 Å². The van der Waals surface area contributed by atoms with Crippen molar-refractivity contribution in [3.63, 3.8) is 0 Å². The average molecular weight is 583 g/mol. The molecule has 4 aliphatic carbocycles. The minimum Gasteiger partial charge on any atom is -0.513 e. The van der Waals surface area contributed by atoms with Gasteiger partial charge in [0.2, 0.25) is 0 Å². The van der Waals surface area contributed by atoms with Crippen molar-refractivity contribution in [3.8, 4) is 11.1 Å². The smallest absolute Gasteiger partial charge is 0.132 e. The molecule has 0 saturated heterocycles. The highest BCUT2D eigenvalue weighted by molar-refractivity contribution is 5.94. The molecule has 2 fully saturated rings. The van der Waals surface area contributed by atoms with Gasteiger partial charge in [-0.25, -0.2) is 0 Å². The molecule has 3 aromatic carbocycles. The maximum atomic E-state index is 11.8. The number of benzene rings is 3. The molecule has 1 atom stereocenters. The number of aliphatic hydroxyl groups excluding tert-OH is 1. The van der Waals surface area contributed by atoms with Crippen LogP contribution in [0.3, 0.4) is 0 Å². The largest absolute Gasteiger partial charge is 0.513 e. The van der Waals surface area contributed by atoms with Gasteiger partial charge in [-0.1, -0.05) is 73.7 Å². The van der Waals surface area contributed by atoms with Gasteiger partial charge in [0.15, 0.2) is 0 Å². The molecule has 1 N–H and O–H groups in total. The number of hydrogen-bond donors (Lipinski definition) is 1. The van der Waals surface area contributed by atoms with E-state index in [4.69, 9.17) is 0 Å². The van der Waals surface area contributed by atoms with Gasteiger partial charge in [0.25, 0.3) is 0 Å².